The first-order valence-electron chi connectivity index (χ1n) is 10.3. The van der Waals surface area contributed by atoms with Gasteiger partial charge in [-0.2, -0.15) is 8.78 Å². The second-order valence-corrected chi connectivity index (χ2v) is 7.49. The minimum Gasteiger partial charge on any atom is -0.493 e. The molecule has 0 aromatic heterocycles. The van der Waals surface area contributed by atoms with Crippen molar-refractivity contribution in [3.63, 3.8) is 0 Å². The molecule has 3 amide bonds. The number of amides is 3. The number of benzene rings is 3. The second-order valence-electron chi connectivity index (χ2n) is 7.49. The van der Waals surface area contributed by atoms with Gasteiger partial charge in [-0.05, 0) is 47.5 Å². The van der Waals surface area contributed by atoms with Gasteiger partial charge in [-0.15, -0.1) is 0 Å². The quantitative estimate of drug-likeness (QED) is 0.507. The van der Waals surface area contributed by atoms with Crippen molar-refractivity contribution in [3.8, 4) is 11.5 Å². The summed E-state index contributed by atoms with van der Waals surface area (Å²) in [4.78, 5) is 39.0. The summed E-state index contributed by atoms with van der Waals surface area (Å²) in [6.45, 7) is -2.82. The zero-order valence-corrected chi connectivity index (χ0v) is 18.1. The molecule has 0 saturated carbocycles. The van der Waals surface area contributed by atoms with Crippen molar-refractivity contribution in [1.29, 1.82) is 0 Å². The lowest BCUT2D eigenvalue weighted by Crippen LogP contribution is -2.29. The largest absolute Gasteiger partial charge is 0.493 e. The molecule has 0 atom stereocenters. The topological polar surface area (TPSA) is 84.9 Å². The number of fused-ring (bicyclic) bond motifs is 1. The van der Waals surface area contributed by atoms with E-state index in [9.17, 15) is 23.2 Å². The van der Waals surface area contributed by atoms with Gasteiger partial charge in [0.2, 0.25) is 0 Å². The number of alkyl halides is 2. The van der Waals surface area contributed by atoms with Gasteiger partial charge in [0.15, 0.2) is 11.5 Å². The highest BCUT2D eigenvalue weighted by Gasteiger charge is 2.35. The number of ether oxygens (including phenoxy) is 2. The molecule has 174 valence electrons. The average Bonchev–Trinajstić information content (AvgIpc) is 3.08. The Kier molecular flexibility index (Phi) is 6.53. The number of hydrogen-bond acceptors (Lipinski definition) is 5. The van der Waals surface area contributed by atoms with Crippen LogP contribution in [0.15, 0.2) is 66.7 Å². The Labute approximate surface area is 193 Å². The predicted octanol–water partition coefficient (Wildman–Crippen LogP) is 4.02. The van der Waals surface area contributed by atoms with Crippen LogP contribution in [-0.4, -0.2) is 36.3 Å². The van der Waals surface area contributed by atoms with Crippen LogP contribution in [0, 0.1) is 0 Å². The summed E-state index contributed by atoms with van der Waals surface area (Å²) in [5.74, 6) is -1.10. The van der Waals surface area contributed by atoms with Crippen molar-refractivity contribution in [3.05, 3.63) is 94.5 Å². The molecule has 0 radical (unpaired) electrons. The van der Waals surface area contributed by atoms with Gasteiger partial charge < -0.3 is 14.8 Å². The van der Waals surface area contributed by atoms with Crippen LogP contribution in [0.25, 0.3) is 0 Å². The third-order valence-corrected chi connectivity index (χ3v) is 5.31. The van der Waals surface area contributed by atoms with E-state index in [0.29, 0.717) is 27.8 Å². The highest BCUT2D eigenvalue weighted by atomic mass is 19.3. The first-order valence-corrected chi connectivity index (χ1v) is 10.3. The van der Waals surface area contributed by atoms with Crippen molar-refractivity contribution in [1.82, 2.24) is 10.2 Å². The van der Waals surface area contributed by atoms with Gasteiger partial charge in [-0.3, -0.25) is 19.3 Å². The lowest BCUT2D eigenvalue weighted by molar-refractivity contribution is -0.0512. The first-order chi connectivity index (χ1) is 16.4. The van der Waals surface area contributed by atoms with Crippen LogP contribution in [0.5, 0.6) is 11.5 Å². The Bertz CT molecular complexity index is 1230. The molecule has 0 bridgehead atoms. The van der Waals surface area contributed by atoms with E-state index in [1.807, 2.05) is 0 Å². The van der Waals surface area contributed by atoms with E-state index in [2.05, 4.69) is 10.1 Å². The molecule has 1 N–H and O–H groups in total. The molecule has 0 saturated heterocycles. The Morgan fingerprint density at radius 3 is 2.26 bits per heavy atom. The molecule has 0 fully saturated rings. The molecule has 3 aromatic rings. The van der Waals surface area contributed by atoms with E-state index >= 15 is 0 Å². The number of nitrogens with zero attached hydrogens (tertiary/aromatic N) is 1. The number of nitrogens with one attached hydrogen (secondary N) is 1. The van der Waals surface area contributed by atoms with Gasteiger partial charge in [0, 0.05) is 12.1 Å². The molecule has 0 unspecified atom stereocenters. The number of methoxy groups -OCH3 is 1. The number of carbonyl (C=O) groups is 3. The van der Waals surface area contributed by atoms with Crippen LogP contribution in [0.4, 0.5) is 8.78 Å². The molecular weight excluding hydrogens is 446 g/mol. The maximum absolute atomic E-state index is 12.7. The van der Waals surface area contributed by atoms with Crippen molar-refractivity contribution in [2.75, 3.05) is 7.11 Å². The molecule has 1 heterocycles. The third kappa shape index (κ3) is 4.73. The third-order valence-electron chi connectivity index (χ3n) is 5.31. The van der Waals surface area contributed by atoms with Gasteiger partial charge in [0.25, 0.3) is 17.7 Å². The Morgan fingerprint density at radius 1 is 0.912 bits per heavy atom. The molecular formula is C25H20F2N2O5. The van der Waals surface area contributed by atoms with Crippen LogP contribution in [0.1, 0.15) is 42.2 Å². The van der Waals surface area contributed by atoms with Crippen LogP contribution in [-0.2, 0) is 13.1 Å². The number of rotatable bonds is 8. The second kappa shape index (κ2) is 9.70. The fraction of sp³-hybridized carbons (Fsp3) is 0.160. The normalized spacial score (nSPS) is 12.6. The first kappa shape index (κ1) is 22.9. The zero-order valence-electron chi connectivity index (χ0n) is 18.1. The minimum atomic E-state index is -2.98. The number of hydrogen-bond donors (Lipinski definition) is 1. The van der Waals surface area contributed by atoms with Crippen LogP contribution >= 0.6 is 0 Å². The van der Waals surface area contributed by atoms with E-state index in [-0.39, 0.29) is 42.3 Å². The molecule has 1 aliphatic rings. The van der Waals surface area contributed by atoms with Gasteiger partial charge in [-0.25, -0.2) is 0 Å². The zero-order chi connectivity index (χ0) is 24.2. The standard InChI is InChI=1S/C25H20F2N2O5/c1-33-21-12-15(9-10-20(21)34-25(26)27)13-28-22(30)17-6-4-5-16(11-17)14-29-23(31)18-7-2-3-8-19(18)24(29)32/h2-12,25H,13-14H2,1H3,(H,28,30). The molecule has 0 aliphatic carbocycles. The fourth-order valence-electron chi connectivity index (χ4n) is 3.68. The number of halogens is 2. The summed E-state index contributed by atoms with van der Waals surface area (Å²) in [5.41, 5.74) is 2.31. The number of carbonyl (C=O) groups excluding carboxylic acids is 3. The minimum absolute atomic E-state index is 0.0380. The summed E-state index contributed by atoms with van der Waals surface area (Å²) < 4.78 is 34.4. The predicted molar refractivity (Wildman–Crippen MR) is 118 cm³/mol. The lowest BCUT2D eigenvalue weighted by Gasteiger charge is -2.15. The molecule has 3 aromatic carbocycles. The summed E-state index contributed by atoms with van der Waals surface area (Å²) in [5, 5.41) is 2.75. The SMILES string of the molecule is COc1cc(CNC(=O)c2cccc(CN3C(=O)c4ccccc4C3=O)c2)ccc1OC(F)F. The Hall–Kier alpha value is -4.27. The van der Waals surface area contributed by atoms with Gasteiger partial charge in [-0.1, -0.05) is 30.3 Å². The smallest absolute Gasteiger partial charge is 0.387 e. The van der Waals surface area contributed by atoms with E-state index in [1.165, 1.54) is 19.2 Å². The molecule has 9 heteroatoms. The van der Waals surface area contributed by atoms with Crippen LogP contribution < -0.4 is 14.8 Å². The molecule has 1 aliphatic heterocycles. The van der Waals surface area contributed by atoms with Crippen LogP contribution in [0.3, 0.4) is 0 Å². The maximum Gasteiger partial charge on any atom is 0.387 e. The molecule has 4 rings (SSSR count). The lowest BCUT2D eigenvalue weighted by atomic mass is 10.1. The molecule has 7 nitrogen and oxygen atoms in total. The van der Waals surface area contributed by atoms with Gasteiger partial charge >= 0.3 is 6.61 Å². The van der Waals surface area contributed by atoms with Gasteiger partial charge in [0.05, 0.1) is 24.8 Å². The molecule has 0 spiro atoms. The van der Waals surface area contributed by atoms with E-state index in [0.717, 1.165) is 4.90 Å². The highest BCUT2D eigenvalue weighted by molar-refractivity contribution is 6.21. The summed E-state index contributed by atoms with van der Waals surface area (Å²) in [6, 6.07) is 17.6. The molecule has 34 heavy (non-hydrogen) atoms. The van der Waals surface area contributed by atoms with Gasteiger partial charge in [0.1, 0.15) is 0 Å². The summed E-state index contributed by atoms with van der Waals surface area (Å²) in [6.07, 6.45) is 0. The number of imide groups is 1. The monoisotopic (exact) mass is 466 g/mol. The highest BCUT2D eigenvalue weighted by Crippen LogP contribution is 2.29. The summed E-state index contributed by atoms with van der Waals surface area (Å²) >= 11 is 0. The van der Waals surface area contributed by atoms with E-state index < -0.39 is 6.61 Å². The Balaban J connectivity index is 1.42. The maximum atomic E-state index is 12.7. The van der Waals surface area contributed by atoms with Crippen molar-refractivity contribution < 1.29 is 32.6 Å². The van der Waals surface area contributed by atoms with Crippen molar-refractivity contribution in [2.45, 2.75) is 19.7 Å². The van der Waals surface area contributed by atoms with E-state index in [1.54, 1.807) is 54.6 Å². The Morgan fingerprint density at radius 2 is 1.62 bits per heavy atom. The average molecular weight is 466 g/mol. The van der Waals surface area contributed by atoms with Crippen molar-refractivity contribution in [2.24, 2.45) is 0 Å². The fourth-order valence-corrected chi connectivity index (χ4v) is 3.68. The van der Waals surface area contributed by atoms with Crippen LogP contribution in [0.2, 0.25) is 0 Å². The summed E-state index contributed by atoms with van der Waals surface area (Å²) in [7, 11) is 1.33. The van der Waals surface area contributed by atoms with Crippen molar-refractivity contribution >= 4 is 17.7 Å². The van der Waals surface area contributed by atoms with E-state index in [4.69, 9.17) is 4.74 Å².